The number of β-amino-alcohol motifs (C(OH)–C–C–N with tert-alkyl or cyclic N) is 1. The van der Waals surface area contributed by atoms with Crippen molar-refractivity contribution < 1.29 is 5.11 Å². The van der Waals surface area contributed by atoms with Gasteiger partial charge in [-0.1, -0.05) is 0 Å². The molecule has 2 aliphatic rings. The highest BCUT2D eigenvalue weighted by molar-refractivity contribution is 5.56. The quantitative estimate of drug-likeness (QED) is 0.871. The van der Waals surface area contributed by atoms with Gasteiger partial charge in [0.1, 0.15) is 23.5 Å². The van der Waals surface area contributed by atoms with E-state index in [1.165, 1.54) is 5.56 Å². The second kappa shape index (κ2) is 6.89. The van der Waals surface area contributed by atoms with Gasteiger partial charge >= 0.3 is 0 Å². The number of anilines is 2. The van der Waals surface area contributed by atoms with E-state index < -0.39 is 0 Å². The molecule has 0 aliphatic carbocycles. The van der Waals surface area contributed by atoms with Crippen LogP contribution in [0.5, 0.6) is 0 Å². The van der Waals surface area contributed by atoms with Crippen LogP contribution < -0.4 is 9.80 Å². The van der Waals surface area contributed by atoms with Gasteiger partial charge in [0.2, 0.25) is 0 Å². The van der Waals surface area contributed by atoms with Crippen molar-refractivity contribution in [3.63, 3.8) is 0 Å². The molecule has 4 rings (SSSR count). The lowest BCUT2D eigenvalue weighted by molar-refractivity contribution is 0.198. The Morgan fingerprint density at radius 2 is 2.00 bits per heavy atom. The zero-order chi connectivity index (χ0) is 18.1. The van der Waals surface area contributed by atoms with E-state index in [1.54, 1.807) is 18.3 Å². The first kappa shape index (κ1) is 16.7. The normalized spacial score (nSPS) is 19.8. The number of nitriles is 1. The molecule has 0 saturated carbocycles. The molecule has 0 amide bonds. The van der Waals surface area contributed by atoms with Crippen LogP contribution in [0.1, 0.15) is 29.1 Å². The summed E-state index contributed by atoms with van der Waals surface area (Å²) in [7, 11) is 0. The van der Waals surface area contributed by atoms with Crippen molar-refractivity contribution in [1.82, 2.24) is 15.0 Å². The number of pyridine rings is 1. The average Bonchev–Trinajstić information content (AvgIpc) is 2.97. The van der Waals surface area contributed by atoms with Gasteiger partial charge in [0.25, 0.3) is 0 Å². The number of nitrogens with zero attached hydrogens (tertiary/aromatic N) is 6. The topological polar surface area (TPSA) is 89.2 Å². The SMILES string of the molecule is Cc1nc2c(c(N3CCC(O)C3)n1)CCN(c1ncccc1C#N)CC2. The summed E-state index contributed by atoms with van der Waals surface area (Å²) in [5.74, 6) is 2.47. The van der Waals surface area contributed by atoms with Gasteiger partial charge in [0.15, 0.2) is 0 Å². The van der Waals surface area contributed by atoms with E-state index in [2.05, 4.69) is 25.8 Å². The summed E-state index contributed by atoms with van der Waals surface area (Å²) in [4.78, 5) is 18.1. The number of aromatic nitrogens is 3. The van der Waals surface area contributed by atoms with E-state index in [-0.39, 0.29) is 6.10 Å². The number of aliphatic hydroxyl groups excluding tert-OH is 1. The Hall–Kier alpha value is -2.72. The van der Waals surface area contributed by atoms with Gasteiger partial charge < -0.3 is 14.9 Å². The molecule has 1 saturated heterocycles. The van der Waals surface area contributed by atoms with Crippen LogP contribution in [0.3, 0.4) is 0 Å². The predicted molar refractivity (Wildman–Crippen MR) is 98.2 cm³/mol. The van der Waals surface area contributed by atoms with Crippen LogP contribution in [0, 0.1) is 18.3 Å². The molecule has 0 spiro atoms. The zero-order valence-electron chi connectivity index (χ0n) is 14.9. The molecule has 0 radical (unpaired) electrons. The fourth-order valence-corrected chi connectivity index (χ4v) is 3.84. The molecule has 0 bridgehead atoms. The van der Waals surface area contributed by atoms with Gasteiger partial charge in [-0.25, -0.2) is 15.0 Å². The third-order valence-electron chi connectivity index (χ3n) is 5.10. The summed E-state index contributed by atoms with van der Waals surface area (Å²) in [6.45, 7) is 4.93. The van der Waals surface area contributed by atoms with Crippen LogP contribution in [0.2, 0.25) is 0 Å². The highest BCUT2D eigenvalue weighted by Gasteiger charge is 2.27. The first-order valence-electron chi connectivity index (χ1n) is 9.05. The molecule has 26 heavy (non-hydrogen) atoms. The third kappa shape index (κ3) is 3.08. The molecule has 0 aromatic carbocycles. The van der Waals surface area contributed by atoms with Crippen molar-refractivity contribution >= 4 is 11.6 Å². The number of fused-ring (bicyclic) bond motifs is 1. The van der Waals surface area contributed by atoms with Crippen LogP contribution in [0.15, 0.2) is 18.3 Å². The number of aliphatic hydroxyl groups is 1. The van der Waals surface area contributed by atoms with Crippen LogP contribution in [0.4, 0.5) is 11.6 Å². The van der Waals surface area contributed by atoms with E-state index in [1.807, 2.05) is 6.92 Å². The van der Waals surface area contributed by atoms with E-state index in [0.29, 0.717) is 12.1 Å². The fourth-order valence-electron chi connectivity index (χ4n) is 3.84. The summed E-state index contributed by atoms with van der Waals surface area (Å²) >= 11 is 0. The molecule has 7 nitrogen and oxygen atoms in total. The Morgan fingerprint density at radius 1 is 1.15 bits per heavy atom. The summed E-state index contributed by atoms with van der Waals surface area (Å²) in [6.07, 6.45) is 3.83. The Balaban J connectivity index is 1.65. The van der Waals surface area contributed by atoms with Gasteiger partial charge in [-0.15, -0.1) is 0 Å². The second-order valence-corrected chi connectivity index (χ2v) is 6.88. The maximum atomic E-state index is 9.91. The van der Waals surface area contributed by atoms with Crippen molar-refractivity contribution in [2.24, 2.45) is 0 Å². The molecule has 1 fully saturated rings. The lowest BCUT2D eigenvalue weighted by atomic mass is 10.1. The molecule has 2 aromatic heterocycles. The van der Waals surface area contributed by atoms with Gasteiger partial charge in [-0.2, -0.15) is 5.26 Å². The Morgan fingerprint density at radius 3 is 2.77 bits per heavy atom. The van der Waals surface area contributed by atoms with Crippen LogP contribution in [0.25, 0.3) is 0 Å². The average molecular weight is 350 g/mol. The van der Waals surface area contributed by atoms with Gasteiger partial charge in [0, 0.05) is 44.4 Å². The van der Waals surface area contributed by atoms with Gasteiger partial charge in [-0.3, -0.25) is 0 Å². The minimum atomic E-state index is -0.282. The lowest BCUT2D eigenvalue weighted by Crippen LogP contribution is -2.28. The molecule has 134 valence electrons. The number of hydrogen-bond acceptors (Lipinski definition) is 7. The minimum absolute atomic E-state index is 0.282. The van der Waals surface area contributed by atoms with Gasteiger partial charge in [0.05, 0.1) is 17.4 Å². The molecule has 7 heteroatoms. The maximum Gasteiger partial charge on any atom is 0.146 e. The molecule has 1 N–H and O–H groups in total. The number of rotatable bonds is 2. The standard InChI is InChI=1S/C19H22N6O/c1-13-22-17-6-10-24(18-14(11-20)3-2-7-21-18)9-5-16(17)19(23-13)25-8-4-15(26)12-25/h2-3,7,15,26H,4-6,8-10,12H2,1H3. The first-order valence-corrected chi connectivity index (χ1v) is 9.05. The molecule has 4 heterocycles. The van der Waals surface area contributed by atoms with Crippen LogP contribution in [-0.4, -0.2) is 52.3 Å². The van der Waals surface area contributed by atoms with Crippen molar-refractivity contribution in [2.45, 2.75) is 32.3 Å². The van der Waals surface area contributed by atoms with Crippen LogP contribution >= 0.6 is 0 Å². The number of aryl methyl sites for hydroxylation is 1. The van der Waals surface area contributed by atoms with Crippen molar-refractivity contribution in [2.75, 3.05) is 36.0 Å². The molecule has 1 unspecified atom stereocenters. The fraction of sp³-hybridized carbons (Fsp3) is 0.474. The molecule has 1 atom stereocenters. The predicted octanol–water partition coefficient (Wildman–Crippen LogP) is 1.23. The van der Waals surface area contributed by atoms with Crippen molar-refractivity contribution in [1.29, 1.82) is 5.26 Å². The Bertz CT molecular complexity index is 862. The molecular weight excluding hydrogens is 328 g/mol. The lowest BCUT2D eigenvalue weighted by Gasteiger charge is -2.23. The smallest absolute Gasteiger partial charge is 0.146 e. The third-order valence-corrected chi connectivity index (χ3v) is 5.10. The second-order valence-electron chi connectivity index (χ2n) is 6.88. The minimum Gasteiger partial charge on any atom is -0.391 e. The van der Waals surface area contributed by atoms with E-state index >= 15 is 0 Å². The van der Waals surface area contributed by atoms with Gasteiger partial charge in [-0.05, 0) is 31.9 Å². The van der Waals surface area contributed by atoms with E-state index in [0.717, 1.165) is 62.1 Å². The van der Waals surface area contributed by atoms with Crippen molar-refractivity contribution in [3.05, 3.63) is 41.0 Å². The zero-order valence-corrected chi connectivity index (χ0v) is 14.9. The van der Waals surface area contributed by atoms with Crippen molar-refractivity contribution in [3.8, 4) is 6.07 Å². The first-order chi connectivity index (χ1) is 12.7. The summed E-state index contributed by atoms with van der Waals surface area (Å²) in [5, 5.41) is 19.3. The highest BCUT2D eigenvalue weighted by atomic mass is 16.3. The highest BCUT2D eigenvalue weighted by Crippen LogP contribution is 2.29. The van der Waals surface area contributed by atoms with E-state index in [4.69, 9.17) is 4.98 Å². The maximum absolute atomic E-state index is 9.91. The Kier molecular flexibility index (Phi) is 4.43. The summed E-state index contributed by atoms with van der Waals surface area (Å²) < 4.78 is 0. The van der Waals surface area contributed by atoms with Crippen LogP contribution in [-0.2, 0) is 12.8 Å². The molecular formula is C19H22N6O. The van der Waals surface area contributed by atoms with E-state index in [9.17, 15) is 10.4 Å². The monoisotopic (exact) mass is 350 g/mol. The Labute approximate surface area is 152 Å². The molecule has 2 aromatic rings. The summed E-state index contributed by atoms with van der Waals surface area (Å²) in [5.41, 5.74) is 2.84. The largest absolute Gasteiger partial charge is 0.391 e. The molecule has 2 aliphatic heterocycles. The summed E-state index contributed by atoms with van der Waals surface area (Å²) in [6, 6.07) is 5.84. The number of hydrogen-bond donors (Lipinski definition) is 1.